The van der Waals surface area contributed by atoms with Crippen molar-refractivity contribution in [1.82, 2.24) is 15.4 Å². The van der Waals surface area contributed by atoms with E-state index in [9.17, 15) is 0 Å². The Morgan fingerprint density at radius 2 is 2.18 bits per heavy atom. The highest BCUT2D eigenvalue weighted by atomic mass is 79.9. The van der Waals surface area contributed by atoms with Crippen molar-refractivity contribution in [2.45, 2.75) is 13.0 Å². The number of halogens is 1. The van der Waals surface area contributed by atoms with Crippen molar-refractivity contribution >= 4 is 15.9 Å². The maximum absolute atomic E-state index is 5.61. The van der Waals surface area contributed by atoms with Crippen molar-refractivity contribution in [3.05, 3.63) is 58.1 Å². The Morgan fingerprint density at radius 1 is 1.35 bits per heavy atom. The average molecular weight is 293 g/mol. The summed E-state index contributed by atoms with van der Waals surface area (Å²) in [5.74, 6) is 5.61. The molecule has 1 heterocycles. The van der Waals surface area contributed by atoms with Crippen LogP contribution in [0.5, 0.6) is 0 Å². The van der Waals surface area contributed by atoms with Crippen molar-refractivity contribution in [3.8, 4) is 0 Å². The van der Waals surface area contributed by atoms with Gasteiger partial charge >= 0.3 is 0 Å². The first-order valence-corrected chi connectivity index (χ1v) is 5.99. The van der Waals surface area contributed by atoms with Crippen LogP contribution in [0.3, 0.4) is 0 Å². The first kappa shape index (κ1) is 12.2. The fourth-order valence-corrected chi connectivity index (χ4v) is 2.23. The molecule has 88 valence electrons. The highest BCUT2D eigenvalue weighted by Gasteiger charge is 2.15. The zero-order chi connectivity index (χ0) is 12.3. The predicted octanol–water partition coefficient (Wildman–Crippen LogP) is 2.10. The van der Waals surface area contributed by atoms with Gasteiger partial charge in [0.25, 0.3) is 0 Å². The molecule has 1 aromatic carbocycles. The molecule has 0 amide bonds. The SMILES string of the molecule is Cc1cc(Br)ccc1C(NN)c1cnccn1. The van der Waals surface area contributed by atoms with E-state index in [1.54, 1.807) is 18.6 Å². The van der Waals surface area contributed by atoms with E-state index >= 15 is 0 Å². The number of aryl methyl sites for hydroxylation is 1. The van der Waals surface area contributed by atoms with Crippen LogP contribution in [0.2, 0.25) is 0 Å². The lowest BCUT2D eigenvalue weighted by molar-refractivity contribution is 0.614. The Bertz CT molecular complexity index is 501. The third-order valence-electron chi connectivity index (χ3n) is 2.59. The Kier molecular flexibility index (Phi) is 3.83. The van der Waals surface area contributed by atoms with Crippen LogP contribution in [0.1, 0.15) is 22.9 Å². The van der Waals surface area contributed by atoms with Crippen molar-refractivity contribution < 1.29 is 0 Å². The molecule has 0 aliphatic heterocycles. The van der Waals surface area contributed by atoms with Gasteiger partial charge in [-0.25, -0.2) is 5.43 Å². The van der Waals surface area contributed by atoms with Crippen LogP contribution in [0.4, 0.5) is 0 Å². The Balaban J connectivity index is 2.42. The summed E-state index contributed by atoms with van der Waals surface area (Å²) in [6.45, 7) is 2.04. The number of nitrogens with zero attached hydrogens (tertiary/aromatic N) is 2. The van der Waals surface area contributed by atoms with Gasteiger partial charge in [-0.1, -0.05) is 22.0 Å². The lowest BCUT2D eigenvalue weighted by Gasteiger charge is -2.17. The van der Waals surface area contributed by atoms with Gasteiger partial charge < -0.3 is 0 Å². The second-order valence-corrected chi connectivity index (χ2v) is 4.65. The first-order valence-electron chi connectivity index (χ1n) is 5.20. The van der Waals surface area contributed by atoms with E-state index in [-0.39, 0.29) is 6.04 Å². The van der Waals surface area contributed by atoms with Gasteiger partial charge in [-0.15, -0.1) is 0 Å². The second-order valence-electron chi connectivity index (χ2n) is 3.73. The Hall–Kier alpha value is -1.30. The summed E-state index contributed by atoms with van der Waals surface area (Å²) in [4.78, 5) is 8.33. The second kappa shape index (κ2) is 5.35. The molecular formula is C12H13BrN4. The van der Waals surface area contributed by atoms with E-state index in [4.69, 9.17) is 5.84 Å². The molecule has 0 aliphatic rings. The van der Waals surface area contributed by atoms with E-state index in [1.807, 2.05) is 19.1 Å². The molecule has 0 bridgehead atoms. The maximum Gasteiger partial charge on any atom is 0.0899 e. The summed E-state index contributed by atoms with van der Waals surface area (Å²) in [5, 5.41) is 0. The molecule has 0 saturated heterocycles. The van der Waals surface area contributed by atoms with Crippen LogP contribution in [0.15, 0.2) is 41.3 Å². The van der Waals surface area contributed by atoms with Crippen LogP contribution < -0.4 is 11.3 Å². The van der Waals surface area contributed by atoms with Gasteiger partial charge in [0.1, 0.15) is 0 Å². The van der Waals surface area contributed by atoms with Crippen LogP contribution >= 0.6 is 15.9 Å². The van der Waals surface area contributed by atoms with Crippen molar-refractivity contribution in [1.29, 1.82) is 0 Å². The summed E-state index contributed by atoms with van der Waals surface area (Å²) < 4.78 is 1.05. The van der Waals surface area contributed by atoms with Gasteiger partial charge in [0.2, 0.25) is 0 Å². The topological polar surface area (TPSA) is 63.8 Å². The van der Waals surface area contributed by atoms with E-state index in [2.05, 4.69) is 37.4 Å². The third-order valence-corrected chi connectivity index (χ3v) is 3.08. The van der Waals surface area contributed by atoms with E-state index < -0.39 is 0 Å². The summed E-state index contributed by atoms with van der Waals surface area (Å²) in [6, 6.07) is 5.93. The third kappa shape index (κ3) is 2.69. The Labute approximate surface area is 108 Å². The monoisotopic (exact) mass is 292 g/mol. The molecule has 1 unspecified atom stereocenters. The first-order chi connectivity index (χ1) is 8.22. The minimum absolute atomic E-state index is 0.142. The zero-order valence-corrected chi connectivity index (χ0v) is 11.0. The number of hydrogen-bond acceptors (Lipinski definition) is 4. The molecular weight excluding hydrogens is 280 g/mol. The van der Waals surface area contributed by atoms with Crippen LogP contribution in [0.25, 0.3) is 0 Å². The minimum Gasteiger partial charge on any atom is -0.271 e. The number of nitrogens with one attached hydrogen (secondary N) is 1. The summed E-state index contributed by atoms with van der Waals surface area (Å²) >= 11 is 3.44. The molecule has 2 aromatic rings. The minimum atomic E-state index is -0.142. The number of nitrogens with two attached hydrogens (primary N) is 1. The molecule has 0 spiro atoms. The van der Waals surface area contributed by atoms with Gasteiger partial charge in [0, 0.05) is 16.9 Å². The highest BCUT2D eigenvalue weighted by Crippen LogP contribution is 2.24. The molecule has 17 heavy (non-hydrogen) atoms. The van der Waals surface area contributed by atoms with Gasteiger partial charge in [0.15, 0.2) is 0 Å². The molecule has 0 fully saturated rings. The zero-order valence-electron chi connectivity index (χ0n) is 9.39. The normalized spacial score (nSPS) is 12.4. The number of hydrogen-bond donors (Lipinski definition) is 2. The van der Waals surface area contributed by atoms with Crippen molar-refractivity contribution in [3.63, 3.8) is 0 Å². The molecule has 4 nitrogen and oxygen atoms in total. The van der Waals surface area contributed by atoms with Crippen molar-refractivity contribution in [2.24, 2.45) is 5.84 Å². The van der Waals surface area contributed by atoms with Crippen LogP contribution in [-0.4, -0.2) is 9.97 Å². The van der Waals surface area contributed by atoms with E-state index in [1.165, 1.54) is 0 Å². The molecule has 0 aliphatic carbocycles. The fraction of sp³-hybridized carbons (Fsp3) is 0.167. The summed E-state index contributed by atoms with van der Waals surface area (Å²) in [7, 11) is 0. The largest absolute Gasteiger partial charge is 0.271 e. The van der Waals surface area contributed by atoms with E-state index in [0.717, 1.165) is 21.3 Å². The molecule has 1 aromatic heterocycles. The van der Waals surface area contributed by atoms with Gasteiger partial charge in [-0.3, -0.25) is 15.8 Å². The molecule has 2 rings (SSSR count). The van der Waals surface area contributed by atoms with Gasteiger partial charge in [0.05, 0.1) is 17.9 Å². The number of rotatable bonds is 3. The van der Waals surface area contributed by atoms with Crippen LogP contribution in [0, 0.1) is 6.92 Å². The number of benzene rings is 1. The summed E-state index contributed by atoms with van der Waals surface area (Å²) in [6.07, 6.45) is 5.02. The number of aromatic nitrogens is 2. The molecule has 5 heteroatoms. The average Bonchev–Trinajstić information content (AvgIpc) is 2.34. The fourth-order valence-electron chi connectivity index (χ4n) is 1.76. The molecule has 0 radical (unpaired) electrons. The van der Waals surface area contributed by atoms with E-state index in [0.29, 0.717) is 0 Å². The quantitative estimate of drug-likeness (QED) is 0.672. The van der Waals surface area contributed by atoms with Crippen molar-refractivity contribution in [2.75, 3.05) is 0 Å². The lowest BCUT2D eigenvalue weighted by atomic mass is 9.99. The standard InChI is InChI=1S/C12H13BrN4/c1-8-6-9(13)2-3-10(8)12(17-14)11-7-15-4-5-16-11/h2-7,12,17H,14H2,1H3. The predicted molar refractivity (Wildman–Crippen MR) is 70.1 cm³/mol. The van der Waals surface area contributed by atoms with Gasteiger partial charge in [-0.2, -0.15) is 0 Å². The van der Waals surface area contributed by atoms with Gasteiger partial charge in [-0.05, 0) is 30.2 Å². The maximum atomic E-state index is 5.61. The number of hydrazine groups is 1. The Morgan fingerprint density at radius 3 is 2.76 bits per heavy atom. The van der Waals surface area contributed by atoms with Crippen LogP contribution in [-0.2, 0) is 0 Å². The molecule has 3 N–H and O–H groups in total. The molecule has 0 saturated carbocycles. The lowest BCUT2D eigenvalue weighted by Crippen LogP contribution is -2.30. The highest BCUT2D eigenvalue weighted by molar-refractivity contribution is 9.10. The molecule has 1 atom stereocenters. The smallest absolute Gasteiger partial charge is 0.0899 e. The summed E-state index contributed by atoms with van der Waals surface area (Å²) in [5.41, 5.74) is 5.82.